The average molecular weight is 270 g/mol. The van der Waals surface area contributed by atoms with Crippen molar-refractivity contribution in [2.75, 3.05) is 13.1 Å². The summed E-state index contributed by atoms with van der Waals surface area (Å²) < 4.78 is 0. The molecule has 2 saturated heterocycles. The van der Waals surface area contributed by atoms with Crippen molar-refractivity contribution in [2.45, 2.75) is 44.7 Å². The number of benzene rings is 1. The second-order valence-corrected chi connectivity index (χ2v) is 6.66. The smallest absolute Gasteiger partial charge is 0.232 e. The number of nitrogens with zero attached hydrogens (tertiary/aromatic N) is 1. The third-order valence-corrected chi connectivity index (χ3v) is 5.29. The lowest BCUT2D eigenvalue weighted by atomic mass is 9.62. The van der Waals surface area contributed by atoms with Gasteiger partial charge < -0.3 is 10.2 Å². The number of hydrogen-bond acceptors (Lipinski definition) is 2. The average Bonchev–Trinajstić information content (AvgIpc) is 3.31. The minimum atomic E-state index is -0.108. The molecule has 1 spiro atoms. The van der Waals surface area contributed by atoms with Crippen LogP contribution in [0, 0.1) is 12.3 Å². The standard InChI is InChI=1S/C17H22N2O/c1-12-2-4-13(5-3-12)15-17(8-10-18-11-9-17)16(20)19(15)14-6-7-14/h2-5,14-15,18H,6-11H2,1H3. The lowest BCUT2D eigenvalue weighted by molar-refractivity contribution is -0.179. The minimum absolute atomic E-state index is 0.108. The fourth-order valence-electron chi connectivity index (χ4n) is 4.01. The summed E-state index contributed by atoms with van der Waals surface area (Å²) >= 11 is 0. The van der Waals surface area contributed by atoms with Crippen molar-refractivity contribution in [2.24, 2.45) is 5.41 Å². The zero-order chi connectivity index (χ0) is 13.7. The van der Waals surface area contributed by atoms with Crippen molar-refractivity contribution >= 4 is 5.91 Å². The van der Waals surface area contributed by atoms with Crippen LogP contribution in [0.2, 0.25) is 0 Å². The zero-order valence-electron chi connectivity index (χ0n) is 12.1. The van der Waals surface area contributed by atoms with E-state index < -0.39 is 0 Å². The summed E-state index contributed by atoms with van der Waals surface area (Å²) in [6.07, 6.45) is 4.38. The maximum Gasteiger partial charge on any atom is 0.232 e. The summed E-state index contributed by atoms with van der Waals surface area (Å²) in [6, 6.07) is 9.66. The van der Waals surface area contributed by atoms with Gasteiger partial charge in [-0.15, -0.1) is 0 Å². The molecule has 1 aromatic carbocycles. The van der Waals surface area contributed by atoms with Crippen LogP contribution in [0.1, 0.15) is 42.9 Å². The molecule has 3 nitrogen and oxygen atoms in total. The predicted octanol–water partition coefficient (Wildman–Crippen LogP) is 2.41. The highest BCUT2D eigenvalue weighted by molar-refractivity contribution is 5.91. The van der Waals surface area contributed by atoms with Crippen LogP contribution in [0.5, 0.6) is 0 Å². The first-order chi connectivity index (χ1) is 9.72. The van der Waals surface area contributed by atoms with E-state index in [1.165, 1.54) is 24.0 Å². The number of amides is 1. The quantitative estimate of drug-likeness (QED) is 0.837. The van der Waals surface area contributed by atoms with E-state index in [1.807, 2.05) is 0 Å². The molecule has 3 heteroatoms. The van der Waals surface area contributed by atoms with Gasteiger partial charge in [0.2, 0.25) is 5.91 Å². The number of rotatable bonds is 2. The van der Waals surface area contributed by atoms with E-state index in [2.05, 4.69) is 41.4 Å². The van der Waals surface area contributed by atoms with E-state index in [0.29, 0.717) is 18.0 Å². The number of aryl methyl sites for hydroxylation is 1. The first-order valence-corrected chi connectivity index (χ1v) is 7.82. The van der Waals surface area contributed by atoms with Crippen molar-refractivity contribution in [3.05, 3.63) is 35.4 Å². The third kappa shape index (κ3) is 1.65. The lowest BCUT2D eigenvalue weighted by Gasteiger charge is -2.58. The van der Waals surface area contributed by atoms with Crippen molar-refractivity contribution in [1.82, 2.24) is 10.2 Å². The number of β-lactam (4-membered cyclic amide) rings is 1. The van der Waals surface area contributed by atoms with E-state index >= 15 is 0 Å². The van der Waals surface area contributed by atoms with E-state index in [1.54, 1.807) is 0 Å². The fourth-order valence-corrected chi connectivity index (χ4v) is 4.01. The molecule has 3 fully saturated rings. The minimum Gasteiger partial charge on any atom is -0.331 e. The van der Waals surface area contributed by atoms with Gasteiger partial charge >= 0.3 is 0 Å². The monoisotopic (exact) mass is 270 g/mol. The molecule has 4 rings (SSSR count). The molecule has 1 aromatic rings. The number of likely N-dealkylation sites (tertiary alicyclic amines) is 1. The highest BCUT2D eigenvalue weighted by atomic mass is 16.2. The van der Waals surface area contributed by atoms with Crippen LogP contribution in [-0.2, 0) is 4.79 Å². The van der Waals surface area contributed by atoms with E-state index in [0.717, 1.165) is 25.9 Å². The number of hydrogen-bond donors (Lipinski definition) is 1. The molecule has 1 atom stereocenters. The van der Waals surface area contributed by atoms with Crippen LogP contribution in [0.3, 0.4) is 0 Å². The Morgan fingerprint density at radius 3 is 2.40 bits per heavy atom. The Labute approximate surface area is 120 Å². The Morgan fingerprint density at radius 2 is 1.80 bits per heavy atom. The van der Waals surface area contributed by atoms with E-state index in [-0.39, 0.29) is 5.41 Å². The molecule has 2 heterocycles. The predicted molar refractivity (Wildman–Crippen MR) is 78.3 cm³/mol. The van der Waals surface area contributed by atoms with Crippen LogP contribution in [0.25, 0.3) is 0 Å². The molecular weight excluding hydrogens is 248 g/mol. The van der Waals surface area contributed by atoms with Crippen LogP contribution in [-0.4, -0.2) is 29.9 Å². The Hall–Kier alpha value is -1.35. The second-order valence-electron chi connectivity index (χ2n) is 6.66. The maximum atomic E-state index is 12.8. The molecule has 1 unspecified atom stereocenters. The molecule has 1 aliphatic carbocycles. The summed E-state index contributed by atoms with van der Waals surface area (Å²) in [7, 11) is 0. The van der Waals surface area contributed by atoms with Crippen molar-refractivity contribution < 1.29 is 4.79 Å². The number of carbonyl (C=O) groups excluding carboxylic acids is 1. The summed E-state index contributed by atoms with van der Waals surface area (Å²) in [5.74, 6) is 0.423. The summed E-state index contributed by atoms with van der Waals surface area (Å²) in [5, 5.41) is 3.40. The molecule has 0 bridgehead atoms. The van der Waals surface area contributed by atoms with Crippen molar-refractivity contribution in [3.63, 3.8) is 0 Å². The molecule has 0 aromatic heterocycles. The van der Waals surface area contributed by atoms with E-state index in [9.17, 15) is 4.79 Å². The third-order valence-electron chi connectivity index (χ3n) is 5.29. The molecule has 106 valence electrons. The van der Waals surface area contributed by atoms with Gasteiger partial charge in [0.15, 0.2) is 0 Å². The Balaban J connectivity index is 1.71. The van der Waals surface area contributed by atoms with E-state index in [4.69, 9.17) is 0 Å². The van der Waals surface area contributed by atoms with Crippen LogP contribution >= 0.6 is 0 Å². The van der Waals surface area contributed by atoms with Crippen LogP contribution in [0.15, 0.2) is 24.3 Å². The highest BCUT2D eigenvalue weighted by Crippen LogP contribution is 2.58. The first-order valence-electron chi connectivity index (χ1n) is 7.82. The van der Waals surface area contributed by atoms with Gasteiger partial charge in [0.25, 0.3) is 0 Å². The van der Waals surface area contributed by atoms with Gasteiger partial charge in [0.05, 0.1) is 11.5 Å². The molecular formula is C17H22N2O. The molecule has 3 aliphatic rings. The molecule has 20 heavy (non-hydrogen) atoms. The topological polar surface area (TPSA) is 32.3 Å². The number of carbonyl (C=O) groups is 1. The molecule has 1 saturated carbocycles. The molecule has 0 radical (unpaired) electrons. The Morgan fingerprint density at radius 1 is 1.15 bits per heavy atom. The van der Waals surface area contributed by atoms with Gasteiger partial charge in [0, 0.05) is 6.04 Å². The molecule has 1 amide bonds. The van der Waals surface area contributed by atoms with Gasteiger partial charge in [-0.2, -0.15) is 0 Å². The highest BCUT2D eigenvalue weighted by Gasteiger charge is 2.63. The zero-order valence-corrected chi connectivity index (χ0v) is 12.1. The van der Waals surface area contributed by atoms with Gasteiger partial charge in [-0.3, -0.25) is 4.79 Å². The number of piperidine rings is 1. The summed E-state index contributed by atoms with van der Waals surface area (Å²) in [5.41, 5.74) is 2.52. The second kappa shape index (κ2) is 4.32. The van der Waals surface area contributed by atoms with Gasteiger partial charge in [-0.1, -0.05) is 29.8 Å². The van der Waals surface area contributed by atoms with Crippen LogP contribution < -0.4 is 5.32 Å². The molecule has 2 aliphatic heterocycles. The molecule has 1 N–H and O–H groups in total. The Kier molecular flexibility index (Phi) is 2.68. The van der Waals surface area contributed by atoms with Gasteiger partial charge in [0.1, 0.15) is 0 Å². The van der Waals surface area contributed by atoms with Crippen molar-refractivity contribution in [3.8, 4) is 0 Å². The summed E-state index contributed by atoms with van der Waals surface area (Å²) in [6.45, 7) is 4.08. The lowest BCUT2D eigenvalue weighted by Crippen LogP contribution is -2.66. The fraction of sp³-hybridized carbons (Fsp3) is 0.588. The SMILES string of the molecule is Cc1ccc(C2N(C3CC3)C(=O)C23CCNCC3)cc1. The number of nitrogens with one attached hydrogen (secondary N) is 1. The maximum absolute atomic E-state index is 12.8. The van der Waals surface area contributed by atoms with Crippen molar-refractivity contribution in [1.29, 1.82) is 0 Å². The Bertz CT molecular complexity index is 526. The normalized spacial score (nSPS) is 28.6. The summed E-state index contributed by atoms with van der Waals surface area (Å²) in [4.78, 5) is 15.0. The van der Waals surface area contributed by atoms with Gasteiger partial charge in [-0.25, -0.2) is 0 Å². The van der Waals surface area contributed by atoms with Crippen LogP contribution in [0.4, 0.5) is 0 Å². The van der Waals surface area contributed by atoms with Gasteiger partial charge in [-0.05, 0) is 51.3 Å². The first kappa shape index (κ1) is 12.4. The largest absolute Gasteiger partial charge is 0.331 e.